The van der Waals surface area contributed by atoms with E-state index in [1.54, 1.807) is 11.1 Å². The van der Waals surface area contributed by atoms with Crippen LogP contribution in [0.5, 0.6) is 5.75 Å². The van der Waals surface area contributed by atoms with E-state index in [1.807, 2.05) is 0 Å². The van der Waals surface area contributed by atoms with Crippen molar-refractivity contribution in [2.75, 3.05) is 13.1 Å². The number of piperidine rings is 1. The monoisotopic (exact) mass is 486 g/mol. The predicted octanol–water partition coefficient (Wildman–Crippen LogP) is 3.30. The predicted molar refractivity (Wildman–Crippen MR) is 127 cm³/mol. The summed E-state index contributed by atoms with van der Waals surface area (Å²) in [4.78, 5) is 25.0. The molecule has 180 valence electrons. The van der Waals surface area contributed by atoms with Gasteiger partial charge in [-0.2, -0.15) is 0 Å². The molecule has 3 N–H and O–H groups in total. The fraction of sp³-hybridized carbons (Fsp3) is 0.480. The second-order valence-electron chi connectivity index (χ2n) is 9.72. The molecule has 0 spiro atoms. The molecule has 1 aromatic carbocycles. The van der Waals surface area contributed by atoms with Crippen LogP contribution in [-0.2, 0) is 0 Å². The van der Waals surface area contributed by atoms with Crippen molar-refractivity contribution >= 4 is 23.1 Å². The molecule has 0 radical (unpaired) electrons. The number of hydrogen-bond acceptors (Lipinski definition) is 5. The molecule has 34 heavy (non-hydrogen) atoms. The molecule has 0 aliphatic carbocycles. The average Bonchev–Trinajstić information content (AvgIpc) is 3.31. The van der Waals surface area contributed by atoms with Gasteiger partial charge in [-0.1, -0.05) is 11.6 Å². The number of carbonyl (C=O) groups is 1. The van der Waals surface area contributed by atoms with Gasteiger partial charge in [0.05, 0.1) is 24.2 Å². The summed E-state index contributed by atoms with van der Waals surface area (Å²) in [6, 6.07) is 5.58. The maximum absolute atomic E-state index is 14.2. The number of H-pyrrole nitrogens is 1. The van der Waals surface area contributed by atoms with Gasteiger partial charge in [-0.15, -0.1) is 0 Å². The number of aromatic nitrogens is 2. The average molecular weight is 487 g/mol. The third-order valence-corrected chi connectivity index (χ3v) is 7.35. The van der Waals surface area contributed by atoms with Gasteiger partial charge in [0, 0.05) is 29.9 Å². The molecule has 1 aromatic heterocycles. The first-order chi connectivity index (χ1) is 16.3. The fourth-order valence-corrected chi connectivity index (χ4v) is 5.85. The maximum atomic E-state index is 14.2. The molecule has 2 saturated heterocycles. The highest BCUT2D eigenvalue weighted by Gasteiger charge is 2.43. The SMILES string of the molecule is CC(C)N1[C@@H]2CC[C@H]1CC(Oc1cc(F)ccc1C(=O)N1CC(N)=C(c3ncc(Cl)c[nH+]3)C1)C2. The quantitative estimate of drug-likeness (QED) is 0.700. The Balaban J connectivity index is 1.32. The Morgan fingerprint density at radius 1 is 1.26 bits per heavy atom. The van der Waals surface area contributed by atoms with Gasteiger partial charge < -0.3 is 15.4 Å². The van der Waals surface area contributed by atoms with Crippen molar-refractivity contribution in [1.82, 2.24) is 14.8 Å². The number of fused-ring (bicyclic) bond motifs is 2. The number of benzene rings is 1. The Bertz CT molecular complexity index is 1110. The van der Waals surface area contributed by atoms with Crippen LogP contribution in [0.4, 0.5) is 4.39 Å². The van der Waals surface area contributed by atoms with Crippen LogP contribution in [0.15, 0.2) is 36.3 Å². The largest absolute Gasteiger partial charge is 0.489 e. The number of halogens is 2. The third-order valence-electron chi connectivity index (χ3n) is 7.14. The number of carbonyl (C=O) groups excluding carboxylic acids is 1. The van der Waals surface area contributed by atoms with Crippen molar-refractivity contribution in [3.8, 4) is 5.75 Å². The molecule has 0 saturated carbocycles. The highest BCUT2D eigenvalue weighted by molar-refractivity contribution is 6.30. The Morgan fingerprint density at radius 2 is 2.00 bits per heavy atom. The first-order valence-electron chi connectivity index (χ1n) is 11.8. The van der Waals surface area contributed by atoms with E-state index in [1.165, 1.54) is 24.4 Å². The summed E-state index contributed by atoms with van der Waals surface area (Å²) in [5, 5.41) is 0.481. The second-order valence-corrected chi connectivity index (χ2v) is 10.2. The molecule has 2 fully saturated rings. The smallest absolute Gasteiger partial charge is 0.327 e. The van der Waals surface area contributed by atoms with Crippen LogP contribution < -0.4 is 15.5 Å². The minimum Gasteiger partial charge on any atom is -0.489 e. The Hall–Kier alpha value is -2.71. The zero-order valence-electron chi connectivity index (χ0n) is 19.4. The highest BCUT2D eigenvalue weighted by atomic mass is 35.5. The van der Waals surface area contributed by atoms with E-state index >= 15 is 0 Å². The summed E-state index contributed by atoms with van der Waals surface area (Å²) < 4.78 is 20.5. The number of rotatable bonds is 5. The van der Waals surface area contributed by atoms with Gasteiger partial charge in [0.25, 0.3) is 5.91 Å². The summed E-state index contributed by atoms with van der Waals surface area (Å²) in [6.07, 6.45) is 7.22. The molecule has 3 aliphatic rings. The van der Waals surface area contributed by atoms with Gasteiger partial charge in [0.1, 0.15) is 28.9 Å². The molecule has 9 heteroatoms. The Morgan fingerprint density at radius 3 is 2.65 bits per heavy atom. The molecule has 4 heterocycles. The van der Waals surface area contributed by atoms with Gasteiger partial charge in [-0.3, -0.25) is 9.69 Å². The first kappa shape index (κ1) is 23.1. The fourth-order valence-electron chi connectivity index (χ4n) is 5.75. The van der Waals surface area contributed by atoms with E-state index in [9.17, 15) is 9.18 Å². The molecule has 5 rings (SSSR count). The van der Waals surface area contributed by atoms with Gasteiger partial charge in [-0.25, -0.2) is 9.37 Å². The van der Waals surface area contributed by atoms with Crippen LogP contribution in [0.2, 0.25) is 5.02 Å². The minimum absolute atomic E-state index is 0.0361. The molecule has 3 aliphatic heterocycles. The van der Waals surface area contributed by atoms with E-state index in [-0.39, 0.29) is 18.6 Å². The zero-order valence-corrected chi connectivity index (χ0v) is 20.2. The van der Waals surface area contributed by atoms with Crippen LogP contribution in [0.1, 0.15) is 55.7 Å². The van der Waals surface area contributed by atoms with Gasteiger partial charge in [0.15, 0.2) is 6.20 Å². The van der Waals surface area contributed by atoms with E-state index in [4.69, 9.17) is 22.1 Å². The van der Waals surface area contributed by atoms with Gasteiger partial charge in [0.2, 0.25) is 0 Å². The van der Waals surface area contributed by atoms with Crippen LogP contribution in [-0.4, -0.2) is 58.0 Å². The van der Waals surface area contributed by atoms with Crippen molar-refractivity contribution in [3.63, 3.8) is 0 Å². The lowest BCUT2D eigenvalue weighted by Crippen LogP contribution is -2.49. The lowest BCUT2D eigenvalue weighted by molar-refractivity contribution is -0.386. The van der Waals surface area contributed by atoms with Crippen molar-refractivity contribution < 1.29 is 18.9 Å². The zero-order chi connectivity index (χ0) is 24.0. The first-order valence-corrected chi connectivity index (χ1v) is 12.2. The van der Waals surface area contributed by atoms with Crippen molar-refractivity contribution in [3.05, 3.63) is 58.5 Å². The number of nitrogens with zero attached hydrogens (tertiary/aromatic N) is 3. The highest BCUT2D eigenvalue weighted by Crippen LogP contribution is 2.39. The number of nitrogens with one attached hydrogen (secondary N) is 1. The van der Waals surface area contributed by atoms with Gasteiger partial charge in [-0.05, 0) is 56.6 Å². The van der Waals surface area contributed by atoms with E-state index < -0.39 is 5.82 Å². The van der Waals surface area contributed by atoms with E-state index in [0.29, 0.717) is 52.5 Å². The van der Waals surface area contributed by atoms with E-state index in [0.717, 1.165) is 31.3 Å². The number of aromatic amines is 1. The molecule has 1 amide bonds. The van der Waals surface area contributed by atoms with Crippen molar-refractivity contribution in [2.24, 2.45) is 5.73 Å². The molecule has 3 atom stereocenters. The van der Waals surface area contributed by atoms with Gasteiger partial charge >= 0.3 is 5.82 Å². The molecule has 2 aromatic rings. The molecule has 1 unspecified atom stereocenters. The number of amides is 1. The second kappa shape index (κ2) is 9.15. The molecular weight excluding hydrogens is 457 g/mol. The summed E-state index contributed by atoms with van der Waals surface area (Å²) in [7, 11) is 0. The van der Waals surface area contributed by atoms with Crippen LogP contribution in [0.25, 0.3) is 5.57 Å². The maximum Gasteiger partial charge on any atom is 0.327 e. The summed E-state index contributed by atoms with van der Waals surface area (Å²) >= 11 is 5.92. The minimum atomic E-state index is -0.422. The lowest BCUT2D eigenvalue weighted by Gasteiger charge is -2.41. The number of hydrogen-bond donors (Lipinski definition) is 1. The third kappa shape index (κ3) is 4.36. The van der Waals surface area contributed by atoms with Crippen LogP contribution >= 0.6 is 11.6 Å². The van der Waals surface area contributed by atoms with Crippen molar-refractivity contribution in [2.45, 2.75) is 63.8 Å². The number of ether oxygens (including phenoxy) is 1. The lowest BCUT2D eigenvalue weighted by atomic mass is 9.98. The summed E-state index contributed by atoms with van der Waals surface area (Å²) in [5.74, 6) is 0.203. The summed E-state index contributed by atoms with van der Waals surface area (Å²) in [5.41, 5.74) is 7.89. The van der Waals surface area contributed by atoms with Crippen LogP contribution in [0.3, 0.4) is 0 Å². The topological polar surface area (TPSA) is 85.8 Å². The van der Waals surface area contributed by atoms with Crippen LogP contribution in [0, 0.1) is 5.82 Å². The Labute approximate surface area is 203 Å². The van der Waals surface area contributed by atoms with E-state index in [2.05, 4.69) is 28.7 Å². The normalized spacial score (nSPS) is 24.9. The Kier molecular flexibility index (Phi) is 6.20. The number of nitrogens with two attached hydrogens (primary N) is 1. The van der Waals surface area contributed by atoms with Crippen molar-refractivity contribution in [1.29, 1.82) is 0 Å². The standard InChI is InChI=1S/C25H29ClFN5O2/c1-14(2)32-17-4-5-18(32)9-19(8-17)34-23-7-16(27)3-6-20(23)25(33)31-12-21(22(28)13-31)24-29-10-15(26)11-30-24/h3,6-7,10-11,14,17-19H,4-5,8-9,12-13,28H2,1-2H3/p+1/t17-,18+,19?. The molecule has 7 nitrogen and oxygen atoms in total. The molecule has 2 bridgehead atoms. The summed E-state index contributed by atoms with van der Waals surface area (Å²) in [6.45, 7) is 5.03. The molecular formula is C25H30ClFN5O2+.